The first-order valence-electron chi connectivity index (χ1n) is 11.1. The van der Waals surface area contributed by atoms with Crippen molar-refractivity contribution in [3.63, 3.8) is 0 Å². The number of rotatable bonds is 7. The molecule has 0 radical (unpaired) electrons. The lowest BCUT2D eigenvalue weighted by atomic mass is 10.0. The molecule has 0 atom stereocenters. The molecule has 0 spiro atoms. The number of esters is 1. The number of nitrogens with one attached hydrogen (secondary N) is 1. The van der Waals surface area contributed by atoms with Crippen molar-refractivity contribution >= 4 is 34.2 Å². The van der Waals surface area contributed by atoms with Crippen molar-refractivity contribution < 1.29 is 14.3 Å². The van der Waals surface area contributed by atoms with Crippen molar-refractivity contribution in [3.8, 4) is 22.5 Å². The molecule has 0 saturated heterocycles. The maximum Gasteiger partial charge on any atom is 0.338 e. The monoisotopic (exact) mass is 479 g/mol. The van der Waals surface area contributed by atoms with E-state index in [0.717, 1.165) is 27.4 Å². The predicted octanol–water partition coefficient (Wildman–Crippen LogP) is 5.50. The predicted molar refractivity (Wildman–Crippen MR) is 137 cm³/mol. The quantitative estimate of drug-likeness (QED) is 0.312. The highest BCUT2D eigenvalue weighted by molar-refractivity contribution is 7.09. The fourth-order valence-corrected chi connectivity index (χ4v) is 4.28. The van der Waals surface area contributed by atoms with Gasteiger partial charge in [-0.1, -0.05) is 66.7 Å². The summed E-state index contributed by atoms with van der Waals surface area (Å²) >= 11 is 1.55. The number of hydrogen-bond donors (Lipinski definition) is 1. The van der Waals surface area contributed by atoms with Crippen LogP contribution in [0.25, 0.3) is 33.5 Å². The van der Waals surface area contributed by atoms with Gasteiger partial charge in [0.2, 0.25) is 0 Å². The third kappa shape index (κ3) is 5.26. The molecule has 2 aromatic heterocycles. The molecule has 1 amide bonds. The maximum absolute atomic E-state index is 12.6. The van der Waals surface area contributed by atoms with Crippen molar-refractivity contribution in [3.05, 3.63) is 107 Å². The topological polar surface area (TPSA) is 81.2 Å². The van der Waals surface area contributed by atoms with Gasteiger partial charge >= 0.3 is 5.97 Å². The Morgan fingerprint density at radius 1 is 0.771 bits per heavy atom. The normalized spacial score (nSPS) is 10.7. The third-order valence-corrected chi connectivity index (χ3v) is 6.25. The van der Waals surface area contributed by atoms with Gasteiger partial charge in [-0.05, 0) is 29.6 Å². The summed E-state index contributed by atoms with van der Waals surface area (Å²) in [6.07, 6.45) is 0. The number of aromatic nitrogens is 2. The van der Waals surface area contributed by atoms with Crippen molar-refractivity contribution in [2.75, 3.05) is 6.61 Å². The highest BCUT2D eigenvalue weighted by Gasteiger charge is 2.16. The minimum Gasteiger partial charge on any atom is -0.452 e. The van der Waals surface area contributed by atoms with Gasteiger partial charge in [0.25, 0.3) is 5.91 Å². The van der Waals surface area contributed by atoms with E-state index in [9.17, 15) is 9.59 Å². The fraction of sp³-hybridized carbons (Fsp3) is 0.0714. The molecule has 0 saturated carbocycles. The minimum absolute atomic E-state index is 0.310. The number of benzene rings is 3. The molecule has 0 fully saturated rings. The zero-order valence-electron chi connectivity index (χ0n) is 18.7. The van der Waals surface area contributed by atoms with Crippen LogP contribution in [0.1, 0.15) is 15.2 Å². The SMILES string of the molecule is O=C(COC(=O)c1ccc2nc(-c3ccccc3)c(-c3ccccc3)nc2c1)NCc1cccs1. The summed E-state index contributed by atoms with van der Waals surface area (Å²) in [5.74, 6) is -0.945. The molecule has 0 aliphatic carbocycles. The third-order valence-electron chi connectivity index (χ3n) is 5.37. The molecule has 1 N–H and O–H groups in total. The minimum atomic E-state index is -0.589. The summed E-state index contributed by atoms with van der Waals surface area (Å²) in [4.78, 5) is 35.4. The zero-order chi connectivity index (χ0) is 24.0. The highest BCUT2D eigenvalue weighted by atomic mass is 32.1. The Bertz CT molecular complexity index is 1470. The summed E-state index contributed by atoms with van der Waals surface area (Å²) in [5.41, 5.74) is 4.91. The maximum atomic E-state index is 12.6. The van der Waals surface area contributed by atoms with Gasteiger partial charge in [0.1, 0.15) is 0 Å². The van der Waals surface area contributed by atoms with Crippen LogP contribution in [0.3, 0.4) is 0 Å². The van der Waals surface area contributed by atoms with E-state index >= 15 is 0 Å². The summed E-state index contributed by atoms with van der Waals surface area (Å²) in [6, 6.07) is 28.6. The molecule has 35 heavy (non-hydrogen) atoms. The smallest absolute Gasteiger partial charge is 0.338 e. The molecule has 0 unspecified atom stereocenters. The Labute approximate surface area is 206 Å². The van der Waals surface area contributed by atoms with E-state index in [1.807, 2.05) is 78.2 Å². The van der Waals surface area contributed by atoms with Crippen LogP contribution in [0.15, 0.2) is 96.4 Å². The van der Waals surface area contributed by atoms with Crippen molar-refractivity contribution in [2.24, 2.45) is 0 Å². The first-order chi connectivity index (χ1) is 17.2. The number of ether oxygens (including phenoxy) is 1. The van der Waals surface area contributed by atoms with Crippen molar-refractivity contribution in [1.29, 1.82) is 0 Å². The Hall–Kier alpha value is -4.36. The largest absolute Gasteiger partial charge is 0.452 e. The lowest BCUT2D eigenvalue weighted by molar-refractivity contribution is -0.124. The fourth-order valence-electron chi connectivity index (χ4n) is 3.64. The number of carbonyl (C=O) groups excluding carboxylic acids is 2. The lowest BCUT2D eigenvalue weighted by Crippen LogP contribution is -2.28. The highest BCUT2D eigenvalue weighted by Crippen LogP contribution is 2.31. The Morgan fingerprint density at radius 2 is 1.43 bits per heavy atom. The number of fused-ring (bicyclic) bond motifs is 1. The van der Waals surface area contributed by atoms with E-state index in [1.165, 1.54) is 0 Å². The van der Waals surface area contributed by atoms with Crippen LogP contribution in [0.4, 0.5) is 0 Å². The molecule has 6 nitrogen and oxygen atoms in total. The molecule has 172 valence electrons. The van der Waals surface area contributed by atoms with E-state index < -0.39 is 5.97 Å². The van der Waals surface area contributed by atoms with Crippen LogP contribution in [0.2, 0.25) is 0 Å². The Morgan fingerprint density at radius 3 is 2.06 bits per heavy atom. The number of amides is 1. The molecule has 2 heterocycles. The molecule has 0 aliphatic rings. The molecule has 0 bridgehead atoms. The van der Waals surface area contributed by atoms with Gasteiger partial charge in [0.05, 0.1) is 34.5 Å². The van der Waals surface area contributed by atoms with Crippen LogP contribution >= 0.6 is 11.3 Å². The van der Waals surface area contributed by atoms with Crippen LogP contribution in [-0.2, 0) is 16.1 Å². The van der Waals surface area contributed by atoms with Crippen molar-refractivity contribution in [1.82, 2.24) is 15.3 Å². The Kier molecular flexibility index (Phi) is 6.59. The second-order valence-electron chi connectivity index (χ2n) is 7.79. The second kappa shape index (κ2) is 10.3. The number of nitrogens with zero attached hydrogens (tertiary/aromatic N) is 2. The number of carbonyl (C=O) groups is 2. The first-order valence-corrected chi connectivity index (χ1v) is 11.9. The van der Waals surface area contributed by atoms with Gasteiger partial charge in [-0.2, -0.15) is 0 Å². The van der Waals surface area contributed by atoms with Gasteiger partial charge in [-0.15, -0.1) is 11.3 Å². The molecule has 7 heteroatoms. The number of thiophene rings is 1. The van der Waals surface area contributed by atoms with Gasteiger partial charge in [0.15, 0.2) is 6.61 Å². The summed E-state index contributed by atoms with van der Waals surface area (Å²) < 4.78 is 5.22. The summed E-state index contributed by atoms with van der Waals surface area (Å²) in [7, 11) is 0. The lowest BCUT2D eigenvalue weighted by Gasteiger charge is -2.11. The Balaban J connectivity index is 1.39. The van der Waals surface area contributed by atoms with Crippen LogP contribution in [0.5, 0.6) is 0 Å². The van der Waals surface area contributed by atoms with Gasteiger partial charge in [-0.3, -0.25) is 4.79 Å². The van der Waals surface area contributed by atoms with E-state index in [1.54, 1.807) is 29.5 Å². The molecule has 5 rings (SSSR count). The first kappa shape index (κ1) is 22.4. The summed E-state index contributed by atoms with van der Waals surface area (Å²) in [6.45, 7) is 0.0573. The van der Waals surface area contributed by atoms with E-state index in [4.69, 9.17) is 14.7 Å². The van der Waals surface area contributed by atoms with E-state index in [0.29, 0.717) is 23.1 Å². The molecular formula is C28H21N3O3S. The van der Waals surface area contributed by atoms with Crippen molar-refractivity contribution in [2.45, 2.75) is 6.54 Å². The second-order valence-corrected chi connectivity index (χ2v) is 8.82. The van der Waals surface area contributed by atoms with Gasteiger partial charge in [-0.25, -0.2) is 14.8 Å². The molecule has 0 aliphatic heterocycles. The van der Waals surface area contributed by atoms with E-state index in [2.05, 4.69) is 5.32 Å². The zero-order valence-corrected chi connectivity index (χ0v) is 19.5. The summed E-state index contributed by atoms with van der Waals surface area (Å²) in [5, 5.41) is 4.68. The van der Waals surface area contributed by atoms with E-state index in [-0.39, 0.29) is 12.5 Å². The van der Waals surface area contributed by atoms with Crippen LogP contribution in [-0.4, -0.2) is 28.5 Å². The van der Waals surface area contributed by atoms with Crippen LogP contribution < -0.4 is 5.32 Å². The average Bonchev–Trinajstić information content (AvgIpc) is 3.44. The standard InChI is InChI=1S/C28H21N3O3S/c32-25(29-17-22-12-7-15-35-22)18-34-28(33)21-13-14-23-24(16-21)31-27(20-10-5-2-6-11-20)26(30-23)19-8-3-1-4-9-19/h1-16H,17-18H2,(H,29,32). The van der Waals surface area contributed by atoms with Gasteiger partial charge in [0, 0.05) is 16.0 Å². The van der Waals surface area contributed by atoms with Gasteiger partial charge < -0.3 is 10.1 Å². The van der Waals surface area contributed by atoms with Crippen LogP contribution in [0, 0.1) is 0 Å². The number of hydrogen-bond acceptors (Lipinski definition) is 6. The molecular weight excluding hydrogens is 458 g/mol. The molecule has 5 aromatic rings. The molecule has 3 aromatic carbocycles. The average molecular weight is 480 g/mol.